The summed E-state index contributed by atoms with van der Waals surface area (Å²) in [4.78, 5) is 1.27. The molecule has 6 aromatic rings. The zero-order chi connectivity index (χ0) is 20.4. The van der Waals surface area contributed by atoms with E-state index >= 15 is 0 Å². The molecule has 0 saturated heterocycles. The van der Waals surface area contributed by atoms with Gasteiger partial charge in [-0.05, 0) is 36.4 Å². The van der Waals surface area contributed by atoms with Gasteiger partial charge in [-0.3, -0.25) is 0 Å². The summed E-state index contributed by atoms with van der Waals surface area (Å²) in [6.45, 7) is 0. The van der Waals surface area contributed by atoms with E-state index < -0.39 is 10.8 Å². The van der Waals surface area contributed by atoms with Crippen LogP contribution in [0.1, 0.15) is 0 Å². The lowest BCUT2D eigenvalue weighted by atomic mass is 10.1. The van der Waals surface area contributed by atoms with Crippen LogP contribution in [0, 0.1) is 0 Å². The van der Waals surface area contributed by atoms with Crippen LogP contribution in [0.2, 0.25) is 10.0 Å². The topological polar surface area (TPSA) is 17.1 Å². The highest BCUT2D eigenvalue weighted by Gasteiger charge is 2.24. The van der Waals surface area contributed by atoms with E-state index in [1.54, 1.807) is 22.7 Å². The average Bonchev–Trinajstić information content (AvgIpc) is 3.32. The number of benzene rings is 4. The van der Waals surface area contributed by atoms with Crippen LogP contribution in [0.5, 0.6) is 0 Å². The minimum absolute atomic E-state index is 0.497. The largest absolute Gasteiger partial charge is 0.249 e. The van der Waals surface area contributed by atoms with E-state index in [1.165, 1.54) is 0 Å². The first-order chi connectivity index (χ1) is 14.6. The van der Waals surface area contributed by atoms with Crippen molar-refractivity contribution < 1.29 is 4.21 Å². The Morgan fingerprint density at radius 1 is 0.567 bits per heavy atom. The maximum absolute atomic E-state index is 14.2. The highest BCUT2D eigenvalue weighted by atomic mass is 35.5. The molecule has 0 unspecified atom stereocenters. The van der Waals surface area contributed by atoms with Crippen molar-refractivity contribution in [2.24, 2.45) is 0 Å². The van der Waals surface area contributed by atoms with Gasteiger partial charge in [0.2, 0.25) is 0 Å². The lowest BCUT2D eigenvalue weighted by molar-refractivity contribution is 0.684. The highest BCUT2D eigenvalue weighted by molar-refractivity contribution is 7.86. The molecule has 30 heavy (non-hydrogen) atoms. The van der Waals surface area contributed by atoms with Gasteiger partial charge in [0.05, 0.1) is 30.6 Å². The van der Waals surface area contributed by atoms with Crippen LogP contribution < -0.4 is 0 Å². The average molecular weight is 483 g/mol. The van der Waals surface area contributed by atoms with Gasteiger partial charge in [0, 0.05) is 40.3 Å². The zero-order valence-corrected chi connectivity index (χ0v) is 19.3. The summed E-state index contributed by atoms with van der Waals surface area (Å²) in [6, 6.07) is 24.0. The second-order valence-electron chi connectivity index (χ2n) is 6.96. The van der Waals surface area contributed by atoms with Crippen molar-refractivity contribution in [2.75, 3.05) is 0 Å². The van der Waals surface area contributed by atoms with Gasteiger partial charge < -0.3 is 0 Å². The number of halogens is 2. The third kappa shape index (κ3) is 2.68. The molecule has 0 saturated carbocycles. The van der Waals surface area contributed by atoms with Crippen molar-refractivity contribution in [3.05, 3.63) is 82.8 Å². The maximum atomic E-state index is 14.2. The van der Waals surface area contributed by atoms with E-state index in [2.05, 4.69) is 24.3 Å². The smallest absolute Gasteiger partial charge is 0.0893 e. The Hall–Kier alpha value is -1.95. The first kappa shape index (κ1) is 18.8. The Morgan fingerprint density at radius 3 is 1.47 bits per heavy atom. The van der Waals surface area contributed by atoms with E-state index in [-0.39, 0.29) is 0 Å². The van der Waals surface area contributed by atoms with Gasteiger partial charge in [-0.1, -0.05) is 59.6 Å². The third-order valence-electron chi connectivity index (χ3n) is 5.27. The number of fused-ring (bicyclic) bond motifs is 6. The molecular formula is C24H12Cl2OS3. The Morgan fingerprint density at radius 2 is 1.00 bits per heavy atom. The van der Waals surface area contributed by atoms with Crippen LogP contribution in [-0.4, -0.2) is 4.21 Å². The van der Waals surface area contributed by atoms with Crippen LogP contribution in [0.3, 0.4) is 0 Å². The lowest BCUT2D eigenvalue weighted by Gasteiger charge is -2.11. The van der Waals surface area contributed by atoms with E-state index in [9.17, 15) is 4.21 Å². The molecule has 0 N–H and O–H groups in total. The molecule has 0 aliphatic heterocycles. The molecule has 4 aromatic carbocycles. The molecule has 0 aliphatic rings. The standard InChI is InChI=1S/C24H12Cl2OS3/c25-15-9-11-19-21(13-5-1-3-7-17(13)28-19)23(15)30(27)24-16(26)10-12-20-22(24)14-6-2-4-8-18(14)29-20/h1-12H. The summed E-state index contributed by atoms with van der Waals surface area (Å²) in [6.07, 6.45) is 0. The minimum atomic E-state index is -1.54. The molecule has 2 heterocycles. The molecule has 6 heteroatoms. The van der Waals surface area contributed by atoms with Crippen molar-refractivity contribution in [3.63, 3.8) is 0 Å². The summed E-state index contributed by atoms with van der Waals surface area (Å²) in [5.41, 5.74) is 0. The number of rotatable bonds is 2. The molecule has 0 aliphatic carbocycles. The quantitative estimate of drug-likeness (QED) is 0.240. The summed E-state index contributed by atoms with van der Waals surface area (Å²) < 4.78 is 18.6. The fraction of sp³-hybridized carbons (Fsp3) is 0. The Balaban J connectivity index is 1.74. The van der Waals surface area contributed by atoms with Gasteiger partial charge in [-0.25, -0.2) is 4.21 Å². The van der Waals surface area contributed by atoms with Crippen LogP contribution in [0.4, 0.5) is 0 Å². The zero-order valence-electron chi connectivity index (χ0n) is 15.3. The van der Waals surface area contributed by atoms with Crippen molar-refractivity contribution in [2.45, 2.75) is 9.79 Å². The first-order valence-electron chi connectivity index (χ1n) is 9.25. The SMILES string of the molecule is O=S(c1c(Cl)ccc2sc3ccccc3c12)c1c(Cl)ccc2sc3ccccc3c12. The molecule has 0 spiro atoms. The third-order valence-corrected chi connectivity index (χ3v) is 9.98. The maximum Gasteiger partial charge on any atom is 0.0893 e. The molecule has 0 fully saturated rings. The summed E-state index contributed by atoms with van der Waals surface area (Å²) in [5.74, 6) is 0. The Kier molecular flexibility index (Phi) is 4.41. The van der Waals surface area contributed by atoms with Gasteiger partial charge in [0.1, 0.15) is 0 Å². The Labute approximate surface area is 192 Å². The van der Waals surface area contributed by atoms with Crippen LogP contribution in [0.25, 0.3) is 40.3 Å². The van der Waals surface area contributed by atoms with Crippen molar-refractivity contribution in [1.82, 2.24) is 0 Å². The number of thiophene rings is 2. The predicted octanol–water partition coefficient (Wildman–Crippen LogP) is 8.90. The molecule has 146 valence electrons. The molecule has 6 rings (SSSR count). The normalized spacial score (nSPS) is 12.1. The monoisotopic (exact) mass is 482 g/mol. The van der Waals surface area contributed by atoms with Crippen LogP contribution >= 0.6 is 45.9 Å². The molecule has 0 atom stereocenters. The van der Waals surface area contributed by atoms with Crippen molar-refractivity contribution >= 4 is 97.0 Å². The van der Waals surface area contributed by atoms with E-state index in [4.69, 9.17) is 23.2 Å². The van der Waals surface area contributed by atoms with E-state index in [1.807, 2.05) is 48.5 Å². The number of hydrogen-bond acceptors (Lipinski definition) is 3. The lowest BCUT2D eigenvalue weighted by Crippen LogP contribution is -1.97. The molecule has 0 radical (unpaired) electrons. The summed E-state index contributed by atoms with van der Waals surface area (Å²) >= 11 is 16.7. The second kappa shape index (κ2) is 7.04. The molecular weight excluding hydrogens is 471 g/mol. The molecule has 0 bridgehead atoms. The van der Waals surface area contributed by atoms with Gasteiger partial charge in [0.15, 0.2) is 0 Å². The van der Waals surface area contributed by atoms with Crippen LogP contribution in [-0.2, 0) is 10.8 Å². The predicted molar refractivity (Wildman–Crippen MR) is 133 cm³/mol. The molecule has 0 amide bonds. The van der Waals surface area contributed by atoms with E-state index in [0.29, 0.717) is 19.8 Å². The van der Waals surface area contributed by atoms with Gasteiger partial charge >= 0.3 is 0 Å². The van der Waals surface area contributed by atoms with E-state index in [0.717, 1.165) is 40.3 Å². The number of hydrogen-bond donors (Lipinski definition) is 0. The first-order valence-corrected chi connectivity index (χ1v) is 12.8. The summed E-state index contributed by atoms with van der Waals surface area (Å²) in [5, 5.41) is 5.04. The Bertz CT molecular complexity index is 1520. The van der Waals surface area contributed by atoms with Crippen molar-refractivity contribution in [3.8, 4) is 0 Å². The fourth-order valence-electron chi connectivity index (χ4n) is 3.98. The molecule has 1 nitrogen and oxygen atoms in total. The van der Waals surface area contributed by atoms with Gasteiger partial charge in [0.25, 0.3) is 0 Å². The minimum Gasteiger partial charge on any atom is -0.249 e. The fourth-order valence-corrected chi connectivity index (χ4v) is 8.58. The molecule has 2 aromatic heterocycles. The second-order valence-corrected chi connectivity index (χ2v) is 11.3. The van der Waals surface area contributed by atoms with Gasteiger partial charge in [-0.15, -0.1) is 22.7 Å². The van der Waals surface area contributed by atoms with Gasteiger partial charge in [-0.2, -0.15) is 0 Å². The van der Waals surface area contributed by atoms with Crippen molar-refractivity contribution in [1.29, 1.82) is 0 Å². The summed E-state index contributed by atoms with van der Waals surface area (Å²) in [7, 11) is -1.54. The highest BCUT2D eigenvalue weighted by Crippen LogP contribution is 2.45. The van der Waals surface area contributed by atoms with Crippen LogP contribution in [0.15, 0.2) is 82.6 Å².